The zero-order chi connectivity index (χ0) is 15.1. The van der Waals surface area contributed by atoms with Crippen LogP contribution in [0.15, 0.2) is 48.5 Å². The average molecular weight is 285 g/mol. The number of rotatable bonds is 7. The van der Waals surface area contributed by atoms with Gasteiger partial charge in [0, 0.05) is 6.04 Å². The molecule has 0 aliphatic heterocycles. The maximum absolute atomic E-state index is 6.00. The van der Waals surface area contributed by atoms with E-state index in [-0.39, 0.29) is 6.04 Å². The van der Waals surface area contributed by atoms with Gasteiger partial charge in [-0.2, -0.15) is 0 Å². The van der Waals surface area contributed by atoms with Gasteiger partial charge in [-0.3, -0.25) is 0 Å². The number of hydrogen-bond donors (Lipinski definition) is 1. The van der Waals surface area contributed by atoms with E-state index in [1.165, 1.54) is 5.56 Å². The molecule has 0 saturated carbocycles. The second-order valence-electron chi connectivity index (χ2n) is 5.03. The second kappa shape index (κ2) is 7.70. The molecule has 2 N–H and O–H groups in total. The molecule has 2 rings (SSSR count). The van der Waals surface area contributed by atoms with Crippen molar-refractivity contribution in [1.82, 2.24) is 0 Å². The van der Waals surface area contributed by atoms with E-state index in [0.717, 1.165) is 30.1 Å². The van der Waals surface area contributed by atoms with Gasteiger partial charge in [0.1, 0.15) is 17.2 Å². The molecule has 0 aliphatic carbocycles. The lowest BCUT2D eigenvalue weighted by atomic mass is 10.0. The molecule has 0 amide bonds. The third kappa shape index (κ3) is 4.80. The summed E-state index contributed by atoms with van der Waals surface area (Å²) in [5, 5.41) is 0. The summed E-state index contributed by atoms with van der Waals surface area (Å²) >= 11 is 0. The smallest absolute Gasteiger partial charge is 0.127 e. The highest BCUT2D eigenvalue weighted by molar-refractivity contribution is 5.37. The maximum Gasteiger partial charge on any atom is 0.127 e. The van der Waals surface area contributed by atoms with E-state index in [2.05, 4.69) is 13.0 Å². The van der Waals surface area contributed by atoms with Crippen molar-refractivity contribution < 1.29 is 9.47 Å². The second-order valence-corrected chi connectivity index (χ2v) is 5.03. The quantitative estimate of drug-likeness (QED) is 0.831. The highest BCUT2D eigenvalue weighted by atomic mass is 16.5. The molecule has 0 fully saturated rings. The third-order valence-electron chi connectivity index (χ3n) is 3.29. The molecular weight excluding hydrogens is 262 g/mol. The molecule has 0 bridgehead atoms. The first kappa shape index (κ1) is 15.4. The molecule has 3 nitrogen and oxygen atoms in total. The zero-order valence-corrected chi connectivity index (χ0v) is 12.7. The van der Waals surface area contributed by atoms with Crippen LogP contribution in [0.3, 0.4) is 0 Å². The van der Waals surface area contributed by atoms with Gasteiger partial charge in [-0.25, -0.2) is 0 Å². The van der Waals surface area contributed by atoms with Gasteiger partial charge >= 0.3 is 0 Å². The van der Waals surface area contributed by atoms with E-state index >= 15 is 0 Å². The predicted molar refractivity (Wildman–Crippen MR) is 86.1 cm³/mol. The summed E-state index contributed by atoms with van der Waals surface area (Å²) in [6.07, 6.45) is 1.85. The number of nitrogens with two attached hydrogens (primary N) is 1. The molecule has 2 aromatic carbocycles. The Bertz CT molecular complexity index is 551. The van der Waals surface area contributed by atoms with Crippen LogP contribution in [0, 0.1) is 0 Å². The van der Waals surface area contributed by atoms with Gasteiger partial charge in [0.25, 0.3) is 0 Å². The predicted octanol–water partition coefficient (Wildman–Crippen LogP) is 4.16. The Morgan fingerprint density at radius 1 is 0.952 bits per heavy atom. The van der Waals surface area contributed by atoms with Gasteiger partial charge in [0.15, 0.2) is 0 Å². The molecule has 0 spiro atoms. The molecule has 0 saturated heterocycles. The van der Waals surface area contributed by atoms with Crippen LogP contribution in [0.4, 0.5) is 0 Å². The van der Waals surface area contributed by atoms with E-state index in [4.69, 9.17) is 15.2 Å². The monoisotopic (exact) mass is 285 g/mol. The minimum absolute atomic E-state index is 0.200. The molecule has 0 heterocycles. The summed E-state index contributed by atoms with van der Waals surface area (Å²) in [6.45, 7) is 4.74. The Hall–Kier alpha value is -2.00. The molecule has 2 aromatic rings. The van der Waals surface area contributed by atoms with Crippen LogP contribution in [0.25, 0.3) is 0 Å². The SMILES string of the molecule is CCOc1ccc(Oc2cccc(CC(N)CC)c2)cc1. The van der Waals surface area contributed by atoms with E-state index in [1.54, 1.807) is 0 Å². The largest absolute Gasteiger partial charge is 0.494 e. The normalized spacial score (nSPS) is 12.0. The van der Waals surface area contributed by atoms with Crippen LogP contribution in [0.5, 0.6) is 17.2 Å². The van der Waals surface area contributed by atoms with Crippen LogP contribution in [-0.2, 0) is 6.42 Å². The van der Waals surface area contributed by atoms with Gasteiger partial charge in [0.05, 0.1) is 6.61 Å². The summed E-state index contributed by atoms with van der Waals surface area (Å²) in [5.74, 6) is 2.49. The average Bonchev–Trinajstić information content (AvgIpc) is 2.50. The summed E-state index contributed by atoms with van der Waals surface area (Å²) in [4.78, 5) is 0. The van der Waals surface area contributed by atoms with Gasteiger partial charge < -0.3 is 15.2 Å². The Balaban J connectivity index is 2.03. The molecule has 0 radical (unpaired) electrons. The van der Waals surface area contributed by atoms with Gasteiger partial charge in [0.2, 0.25) is 0 Å². The fourth-order valence-corrected chi connectivity index (χ4v) is 2.09. The molecule has 21 heavy (non-hydrogen) atoms. The van der Waals surface area contributed by atoms with Crippen LogP contribution >= 0.6 is 0 Å². The van der Waals surface area contributed by atoms with Crippen molar-refractivity contribution in [2.45, 2.75) is 32.7 Å². The maximum atomic E-state index is 6.00. The summed E-state index contributed by atoms with van der Waals surface area (Å²) in [5.41, 5.74) is 7.20. The molecule has 0 aromatic heterocycles. The zero-order valence-electron chi connectivity index (χ0n) is 12.7. The first-order chi connectivity index (χ1) is 10.2. The standard InChI is InChI=1S/C18H23NO2/c1-3-15(19)12-14-6-5-7-18(13-14)21-17-10-8-16(9-11-17)20-4-2/h5-11,13,15H,3-4,12,19H2,1-2H3. The highest BCUT2D eigenvalue weighted by Gasteiger charge is 2.04. The first-order valence-corrected chi connectivity index (χ1v) is 7.46. The van der Waals surface area contributed by atoms with Crippen molar-refractivity contribution in [2.24, 2.45) is 5.73 Å². The van der Waals surface area contributed by atoms with Gasteiger partial charge in [-0.1, -0.05) is 19.1 Å². The van der Waals surface area contributed by atoms with E-state index in [0.29, 0.717) is 6.61 Å². The van der Waals surface area contributed by atoms with Crippen molar-refractivity contribution in [3.05, 3.63) is 54.1 Å². The fourth-order valence-electron chi connectivity index (χ4n) is 2.09. The molecule has 3 heteroatoms. The Labute approximate surface area is 126 Å². The minimum atomic E-state index is 0.200. The molecule has 112 valence electrons. The van der Waals surface area contributed by atoms with Crippen molar-refractivity contribution in [2.75, 3.05) is 6.61 Å². The van der Waals surface area contributed by atoms with E-state index in [1.807, 2.05) is 49.4 Å². The number of benzene rings is 2. The summed E-state index contributed by atoms with van der Waals surface area (Å²) in [6, 6.07) is 15.9. The van der Waals surface area contributed by atoms with Crippen LogP contribution in [-0.4, -0.2) is 12.6 Å². The topological polar surface area (TPSA) is 44.5 Å². The molecule has 0 aliphatic rings. The van der Waals surface area contributed by atoms with Crippen LogP contribution in [0.2, 0.25) is 0 Å². The fraction of sp³-hybridized carbons (Fsp3) is 0.333. The van der Waals surface area contributed by atoms with Crippen molar-refractivity contribution in [3.63, 3.8) is 0 Å². The Morgan fingerprint density at radius 2 is 1.67 bits per heavy atom. The van der Waals surface area contributed by atoms with Crippen molar-refractivity contribution >= 4 is 0 Å². The molecular formula is C18H23NO2. The van der Waals surface area contributed by atoms with Gasteiger partial charge in [-0.15, -0.1) is 0 Å². The lowest BCUT2D eigenvalue weighted by Gasteiger charge is -2.11. The number of ether oxygens (including phenoxy) is 2. The lowest BCUT2D eigenvalue weighted by molar-refractivity contribution is 0.339. The Kier molecular flexibility index (Phi) is 5.64. The third-order valence-corrected chi connectivity index (χ3v) is 3.29. The summed E-state index contributed by atoms with van der Waals surface area (Å²) in [7, 11) is 0. The van der Waals surface area contributed by atoms with Crippen LogP contribution in [0.1, 0.15) is 25.8 Å². The van der Waals surface area contributed by atoms with Gasteiger partial charge in [-0.05, 0) is 61.7 Å². The Morgan fingerprint density at radius 3 is 2.33 bits per heavy atom. The van der Waals surface area contributed by atoms with E-state index in [9.17, 15) is 0 Å². The minimum Gasteiger partial charge on any atom is -0.494 e. The lowest BCUT2D eigenvalue weighted by Crippen LogP contribution is -2.21. The number of hydrogen-bond acceptors (Lipinski definition) is 3. The van der Waals surface area contributed by atoms with E-state index < -0.39 is 0 Å². The first-order valence-electron chi connectivity index (χ1n) is 7.46. The summed E-state index contributed by atoms with van der Waals surface area (Å²) < 4.78 is 11.3. The van der Waals surface area contributed by atoms with Crippen LogP contribution < -0.4 is 15.2 Å². The molecule has 1 atom stereocenters. The van der Waals surface area contributed by atoms with Crippen molar-refractivity contribution in [3.8, 4) is 17.2 Å². The van der Waals surface area contributed by atoms with Crippen molar-refractivity contribution in [1.29, 1.82) is 0 Å². The highest BCUT2D eigenvalue weighted by Crippen LogP contribution is 2.25. The molecule has 1 unspecified atom stereocenters.